The van der Waals surface area contributed by atoms with E-state index in [2.05, 4.69) is 32.0 Å². The number of benzene rings is 1. The lowest BCUT2D eigenvalue weighted by molar-refractivity contribution is 0.0779. The summed E-state index contributed by atoms with van der Waals surface area (Å²) in [6.07, 6.45) is 3.21. The van der Waals surface area contributed by atoms with E-state index in [9.17, 15) is 5.11 Å². The highest BCUT2D eigenvalue weighted by Crippen LogP contribution is 2.36. The van der Waals surface area contributed by atoms with Gasteiger partial charge in [0.25, 0.3) is 0 Å². The highest BCUT2D eigenvalue weighted by Gasteiger charge is 2.27. The Bertz CT molecular complexity index is 330. The summed E-state index contributed by atoms with van der Waals surface area (Å²) in [6.45, 7) is 4.42. The van der Waals surface area contributed by atoms with Crippen molar-refractivity contribution in [2.75, 3.05) is 0 Å². The SMILES string of the molecule is CC(C)C1CCCc2ccccc2C1O. The fraction of sp³-hybridized carbons (Fsp3) is 0.571. The Hall–Kier alpha value is -0.820. The van der Waals surface area contributed by atoms with Crippen LogP contribution in [0.15, 0.2) is 24.3 Å². The van der Waals surface area contributed by atoms with Crippen molar-refractivity contribution in [3.63, 3.8) is 0 Å². The minimum absolute atomic E-state index is 0.260. The van der Waals surface area contributed by atoms with Gasteiger partial charge < -0.3 is 5.11 Å². The summed E-state index contributed by atoms with van der Waals surface area (Å²) in [4.78, 5) is 0. The first-order valence-electron chi connectivity index (χ1n) is 5.96. The summed E-state index contributed by atoms with van der Waals surface area (Å²) < 4.78 is 0. The number of hydrogen-bond donors (Lipinski definition) is 1. The van der Waals surface area contributed by atoms with Gasteiger partial charge in [0.15, 0.2) is 0 Å². The van der Waals surface area contributed by atoms with Gasteiger partial charge >= 0.3 is 0 Å². The van der Waals surface area contributed by atoms with Crippen LogP contribution in [0.4, 0.5) is 0 Å². The molecule has 1 N–H and O–H groups in total. The molecule has 0 bridgehead atoms. The Labute approximate surface area is 92.1 Å². The fourth-order valence-corrected chi connectivity index (χ4v) is 2.67. The third-order valence-electron chi connectivity index (χ3n) is 3.62. The van der Waals surface area contributed by atoms with E-state index in [-0.39, 0.29) is 6.10 Å². The molecule has 0 heterocycles. The molecule has 0 saturated carbocycles. The zero-order valence-electron chi connectivity index (χ0n) is 9.61. The highest BCUT2D eigenvalue weighted by molar-refractivity contribution is 5.30. The van der Waals surface area contributed by atoms with E-state index in [1.54, 1.807) is 0 Å². The average Bonchev–Trinajstić information content (AvgIpc) is 2.39. The van der Waals surface area contributed by atoms with Crippen LogP contribution in [0.2, 0.25) is 0 Å². The largest absolute Gasteiger partial charge is 0.388 e. The second-order valence-corrected chi connectivity index (χ2v) is 4.94. The Morgan fingerprint density at radius 3 is 2.73 bits per heavy atom. The average molecular weight is 204 g/mol. The van der Waals surface area contributed by atoms with E-state index in [1.165, 1.54) is 12.0 Å². The first kappa shape index (κ1) is 10.7. The molecular weight excluding hydrogens is 184 g/mol. The number of aliphatic hydroxyl groups excluding tert-OH is 1. The monoisotopic (exact) mass is 204 g/mol. The van der Waals surface area contributed by atoms with Crippen molar-refractivity contribution in [1.29, 1.82) is 0 Å². The number of hydrogen-bond acceptors (Lipinski definition) is 1. The molecule has 1 nitrogen and oxygen atoms in total. The van der Waals surface area contributed by atoms with Crippen molar-refractivity contribution in [3.05, 3.63) is 35.4 Å². The quantitative estimate of drug-likeness (QED) is 0.696. The van der Waals surface area contributed by atoms with Crippen LogP contribution in [-0.4, -0.2) is 5.11 Å². The number of aryl methyl sites for hydroxylation is 1. The van der Waals surface area contributed by atoms with Crippen LogP contribution < -0.4 is 0 Å². The first-order chi connectivity index (χ1) is 7.20. The van der Waals surface area contributed by atoms with E-state index in [0.29, 0.717) is 11.8 Å². The van der Waals surface area contributed by atoms with E-state index in [1.807, 2.05) is 6.07 Å². The van der Waals surface area contributed by atoms with Gasteiger partial charge in [-0.1, -0.05) is 38.1 Å². The van der Waals surface area contributed by atoms with Crippen molar-refractivity contribution in [1.82, 2.24) is 0 Å². The summed E-state index contributed by atoms with van der Waals surface area (Å²) in [6, 6.07) is 8.34. The number of fused-ring (bicyclic) bond motifs is 1. The maximum atomic E-state index is 10.4. The van der Waals surface area contributed by atoms with Crippen molar-refractivity contribution >= 4 is 0 Å². The smallest absolute Gasteiger partial charge is 0.0823 e. The lowest BCUT2D eigenvalue weighted by atomic mass is 9.85. The molecule has 0 spiro atoms. The van der Waals surface area contributed by atoms with E-state index in [0.717, 1.165) is 18.4 Å². The van der Waals surface area contributed by atoms with Crippen molar-refractivity contribution < 1.29 is 5.11 Å². The predicted molar refractivity (Wildman–Crippen MR) is 62.7 cm³/mol. The maximum absolute atomic E-state index is 10.4. The van der Waals surface area contributed by atoms with Crippen LogP contribution in [0.25, 0.3) is 0 Å². The number of aliphatic hydroxyl groups is 1. The molecule has 2 unspecified atom stereocenters. The Kier molecular flexibility index (Phi) is 3.11. The summed E-state index contributed by atoms with van der Waals surface area (Å²) in [5.74, 6) is 0.986. The molecule has 1 aromatic carbocycles. The van der Waals surface area contributed by atoms with Gasteiger partial charge in [0.1, 0.15) is 0 Å². The molecule has 0 saturated heterocycles. The topological polar surface area (TPSA) is 20.2 Å². The van der Waals surface area contributed by atoms with E-state index in [4.69, 9.17) is 0 Å². The van der Waals surface area contributed by atoms with Crippen molar-refractivity contribution in [2.24, 2.45) is 11.8 Å². The normalized spacial score (nSPS) is 26.1. The Morgan fingerprint density at radius 2 is 2.00 bits per heavy atom. The summed E-state index contributed by atoms with van der Waals surface area (Å²) in [7, 11) is 0. The van der Waals surface area contributed by atoms with Crippen LogP contribution in [0.5, 0.6) is 0 Å². The lowest BCUT2D eigenvalue weighted by Gasteiger charge is -2.25. The molecule has 2 atom stereocenters. The molecule has 1 aromatic rings. The second-order valence-electron chi connectivity index (χ2n) is 4.94. The van der Waals surface area contributed by atoms with Gasteiger partial charge in [-0.15, -0.1) is 0 Å². The molecule has 1 heteroatoms. The third kappa shape index (κ3) is 2.07. The zero-order chi connectivity index (χ0) is 10.8. The van der Waals surface area contributed by atoms with Gasteiger partial charge in [-0.2, -0.15) is 0 Å². The van der Waals surface area contributed by atoms with Gasteiger partial charge in [-0.3, -0.25) is 0 Å². The van der Waals surface area contributed by atoms with Gasteiger partial charge in [0.05, 0.1) is 6.10 Å². The second kappa shape index (κ2) is 4.36. The molecule has 0 amide bonds. The first-order valence-corrected chi connectivity index (χ1v) is 5.96. The van der Waals surface area contributed by atoms with Crippen molar-refractivity contribution in [3.8, 4) is 0 Å². The standard InChI is InChI=1S/C14H20O/c1-10(2)12-9-5-7-11-6-3-4-8-13(11)14(12)15/h3-4,6,8,10,12,14-15H,5,7,9H2,1-2H3. The molecule has 15 heavy (non-hydrogen) atoms. The zero-order valence-corrected chi connectivity index (χ0v) is 9.61. The molecule has 0 aliphatic heterocycles. The van der Waals surface area contributed by atoms with Gasteiger partial charge in [-0.25, -0.2) is 0 Å². The molecule has 2 rings (SSSR count). The summed E-state index contributed by atoms with van der Waals surface area (Å²) >= 11 is 0. The van der Waals surface area contributed by atoms with Crippen LogP contribution in [0.1, 0.15) is 43.9 Å². The van der Waals surface area contributed by atoms with E-state index >= 15 is 0 Å². The molecule has 0 radical (unpaired) electrons. The van der Waals surface area contributed by atoms with Crippen LogP contribution in [0.3, 0.4) is 0 Å². The third-order valence-corrected chi connectivity index (χ3v) is 3.62. The molecule has 82 valence electrons. The van der Waals surface area contributed by atoms with Crippen LogP contribution in [-0.2, 0) is 6.42 Å². The Balaban J connectivity index is 2.34. The predicted octanol–water partition coefficient (Wildman–Crippen LogP) is 3.33. The van der Waals surface area contributed by atoms with Crippen LogP contribution in [0, 0.1) is 11.8 Å². The fourth-order valence-electron chi connectivity index (χ4n) is 2.67. The van der Waals surface area contributed by atoms with Gasteiger partial charge in [0.2, 0.25) is 0 Å². The highest BCUT2D eigenvalue weighted by atomic mass is 16.3. The molecule has 0 fully saturated rings. The lowest BCUT2D eigenvalue weighted by Crippen LogP contribution is -2.17. The van der Waals surface area contributed by atoms with Gasteiger partial charge in [-0.05, 0) is 42.2 Å². The van der Waals surface area contributed by atoms with Crippen molar-refractivity contribution in [2.45, 2.75) is 39.2 Å². The number of rotatable bonds is 1. The molecule has 0 aromatic heterocycles. The van der Waals surface area contributed by atoms with Gasteiger partial charge in [0, 0.05) is 0 Å². The summed E-state index contributed by atoms with van der Waals surface area (Å²) in [5, 5.41) is 10.4. The van der Waals surface area contributed by atoms with E-state index < -0.39 is 0 Å². The minimum Gasteiger partial charge on any atom is -0.388 e. The summed E-state index contributed by atoms with van der Waals surface area (Å²) in [5.41, 5.74) is 2.50. The minimum atomic E-state index is -0.260. The molecular formula is C14H20O. The van der Waals surface area contributed by atoms with Crippen LogP contribution >= 0.6 is 0 Å². The molecule has 1 aliphatic carbocycles. The maximum Gasteiger partial charge on any atom is 0.0823 e. The Morgan fingerprint density at radius 1 is 1.27 bits per heavy atom. The molecule has 1 aliphatic rings.